The number of hydrogen-bond acceptors (Lipinski definition) is 8. The Bertz CT molecular complexity index is 897. The highest BCUT2D eigenvalue weighted by molar-refractivity contribution is 7.45. The number of quaternary nitrogens is 1. The van der Waals surface area contributed by atoms with Gasteiger partial charge in [-0.1, -0.05) is 108 Å². The van der Waals surface area contributed by atoms with Crippen molar-refractivity contribution in [2.75, 3.05) is 47.5 Å². The lowest BCUT2D eigenvalue weighted by Crippen LogP contribution is -2.37. The fourth-order valence-electron chi connectivity index (χ4n) is 4.37. The molecule has 268 valence electrons. The van der Waals surface area contributed by atoms with E-state index in [0.29, 0.717) is 23.9 Å². The Labute approximate surface area is 281 Å². The summed E-state index contributed by atoms with van der Waals surface area (Å²) in [5, 5.41) is 0. The highest BCUT2D eigenvalue weighted by atomic mass is 31.2. The van der Waals surface area contributed by atoms with Crippen LogP contribution in [0.3, 0.4) is 0 Å². The van der Waals surface area contributed by atoms with Gasteiger partial charge < -0.3 is 27.9 Å². The summed E-state index contributed by atoms with van der Waals surface area (Å²) >= 11 is 0. The molecule has 0 aromatic carbocycles. The Hall–Kier alpha value is -1.77. The summed E-state index contributed by atoms with van der Waals surface area (Å²) < 4.78 is 33.5. The predicted octanol–water partition coefficient (Wildman–Crippen LogP) is 8.38. The molecule has 46 heavy (non-hydrogen) atoms. The first-order chi connectivity index (χ1) is 22.0. The standard InChI is InChI=1S/C36H66NO8P/c1-6-8-10-12-14-15-16-17-18-19-20-21-23-24-26-28-35(38)42-32-34(33-44-46(40,41)43-31-30-37(3,4)5)45-36(39)29-27-25-22-13-11-9-7-2/h8,10,14-15,17-18,34H,6-7,9,11-13,16,19-33H2,1-5H3/b10-8+,15-14+,18-17+/t34-/m0/s1. The van der Waals surface area contributed by atoms with Gasteiger partial charge in [0.15, 0.2) is 6.10 Å². The second-order valence-electron chi connectivity index (χ2n) is 12.9. The van der Waals surface area contributed by atoms with E-state index in [9.17, 15) is 19.0 Å². The van der Waals surface area contributed by atoms with E-state index in [1.165, 1.54) is 19.3 Å². The SMILES string of the molecule is CC/C=C/C/C=C/C/C=C/CCCCCCCC(=O)OC[C@@H](COP(=O)([O-])OCC[N+](C)(C)C)OC(=O)CCCCCCCCC. The molecule has 0 rings (SSSR count). The number of likely N-dealkylation sites (N-methyl/N-ethyl adjacent to an activating group) is 1. The monoisotopic (exact) mass is 671 g/mol. The number of unbranched alkanes of at least 4 members (excludes halogenated alkanes) is 11. The summed E-state index contributed by atoms with van der Waals surface area (Å²) in [4.78, 5) is 37.1. The van der Waals surface area contributed by atoms with Gasteiger partial charge in [0.2, 0.25) is 0 Å². The van der Waals surface area contributed by atoms with E-state index in [-0.39, 0.29) is 26.1 Å². The first-order valence-corrected chi connectivity index (χ1v) is 19.2. The van der Waals surface area contributed by atoms with Crippen LogP contribution in [-0.4, -0.2) is 70.0 Å². The zero-order chi connectivity index (χ0) is 34.4. The quantitative estimate of drug-likeness (QED) is 0.0238. The third kappa shape index (κ3) is 32.2. The Kier molecular flexibility index (Phi) is 28.2. The molecule has 0 fully saturated rings. The van der Waals surface area contributed by atoms with Crippen LogP contribution >= 0.6 is 7.82 Å². The lowest BCUT2D eigenvalue weighted by molar-refractivity contribution is -0.870. The zero-order valence-electron chi connectivity index (χ0n) is 29.8. The van der Waals surface area contributed by atoms with Crippen molar-refractivity contribution in [1.29, 1.82) is 0 Å². The van der Waals surface area contributed by atoms with Crippen molar-refractivity contribution in [2.45, 2.75) is 136 Å². The minimum absolute atomic E-state index is 0.0340. The lowest BCUT2D eigenvalue weighted by Gasteiger charge is -2.28. The highest BCUT2D eigenvalue weighted by Crippen LogP contribution is 2.38. The summed E-state index contributed by atoms with van der Waals surface area (Å²) in [5.74, 6) is -0.866. The molecule has 2 atom stereocenters. The van der Waals surface area contributed by atoms with Crippen molar-refractivity contribution >= 4 is 19.8 Å². The molecule has 0 aliphatic heterocycles. The molecule has 0 spiro atoms. The van der Waals surface area contributed by atoms with E-state index in [2.05, 4.69) is 50.3 Å². The van der Waals surface area contributed by atoms with Crippen molar-refractivity contribution in [2.24, 2.45) is 0 Å². The molecule has 0 radical (unpaired) electrons. The number of esters is 2. The van der Waals surface area contributed by atoms with Gasteiger partial charge in [-0.25, -0.2) is 0 Å². The maximum atomic E-state index is 12.5. The number of phosphoric acid groups is 1. The summed E-state index contributed by atoms with van der Waals surface area (Å²) in [6.07, 6.45) is 29.1. The normalized spacial score (nSPS) is 14.3. The van der Waals surface area contributed by atoms with E-state index in [0.717, 1.165) is 70.6 Å². The van der Waals surface area contributed by atoms with Gasteiger partial charge in [0, 0.05) is 12.8 Å². The van der Waals surface area contributed by atoms with Crippen LogP contribution in [0.1, 0.15) is 129 Å². The molecule has 0 aromatic rings. The number of nitrogens with zero attached hydrogens (tertiary/aromatic N) is 1. The topological polar surface area (TPSA) is 111 Å². The average molecular weight is 672 g/mol. The van der Waals surface area contributed by atoms with Crippen LogP contribution in [0.5, 0.6) is 0 Å². The third-order valence-corrected chi connectivity index (χ3v) is 8.14. The van der Waals surface area contributed by atoms with E-state index in [1.807, 2.05) is 21.1 Å². The fourth-order valence-corrected chi connectivity index (χ4v) is 5.10. The lowest BCUT2D eigenvalue weighted by atomic mass is 10.1. The molecule has 0 saturated heterocycles. The highest BCUT2D eigenvalue weighted by Gasteiger charge is 2.21. The van der Waals surface area contributed by atoms with Gasteiger partial charge in [0.1, 0.15) is 19.8 Å². The number of hydrogen-bond donors (Lipinski definition) is 0. The van der Waals surface area contributed by atoms with Crippen LogP contribution < -0.4 is 4.89 Å². The van der Waals surface area contributed by atoms with Gasteiger partial charge in [0.25, 0.3) is 7.82 Å². The molecular formula is C36H66NO8P. The number of ether oxygens (including phenoxy) is 2. The van der Waals surface area contributed by atoms with Crippen LogP contribution in [0.2, 0.25) is 0 Å². The molecule has 0 amide bonds. The Morgan fingerprint density at radius 2 is 1.24 bits per heavy atom. The molecular weight excluding hydrogens is 605 g/mol. The second-order valence-corrected chi connectivity index (χ2v) is 14.3. The fraction of sp³-hybridized carbons (Fsp3) is 0.778. The minimum Gasteiger partial charge on any atom is -0.756 e. The molecule has 0 aliphatic carbocycles. The number of phosphoric ester groups is 1. The number of carbonyl (C=O) groups excluding carboxylic acids is 2. The third-order valence-electron chi connectivity index (χ3n) is 7.17. The van der Waals surface area contributed by atoms with Crippen LogP contribution in [0.25, 0.3) is 0 Å². The number of rotatable bonds is 31. The smallest absolute Gasteiger partial charge is 0.306 e. The predicted molar refractivity (Wildman–Crippen MR) is 185 cm³/mol. The molecule has 10 heteroatoms. The molecule has 9 nitrogen and oxygen atoms in total. The van der Waals surface area contributed by atoms with Crippen LogP contribution in [-0.2, 0) is 32.7 Å². The number of carbonyl (C=O) groups is 2. The van der Waals surface area contributed by atoms with Gasteiger partial charge in [-0.3, -0.25) is 14.2 Å². The molecule has 0 N–H and O–H groups in total. The molecule has 0 aromatic heterocycles. The van der Waals surface area contributed by atoms with Crippen LogP contribution in [0.4, 0.5) is 0 Å². The van der Waals surface area contributed by atoms with Crippen LogP contribution in [0.15, 0.2) is 36.5 Å². The molecule has 0 heterocycles. The van der Waals surface area contributed by atoms with E-state index >= 15 is 0 Å². The molecule has 0 aliphatic rings. The summed E-state index contributed by atoms with van der Waals surface area (Å²) in [7, 11) is 1.15. The molecule has 1 unspecified atom stereocenters. The Morgan fingerprint density at radius 3 is 1.85 bits per heavy atom. The van der Waals surface area contributed by atoms with E-state index < -0.39 is 32.5 Å². The maximum Gasteiger partial charge on any atom is 0.306 e. The average Bonchev–Trinajstić information content (AvgIpc) is 2.99. The maximum absolute atomic E-state index is 12.5. The summed E-state index contributed by atoms with van der Waals surface area (Å²) in [6, 6.07) is 0. The van der Waals surface area contributed by atoms with Crippen molar-refractivity contribution in [1.82, 2.24) is 0 Å². The van der Waals surface area contributed by atoms with Gasteiger partial charge in [0.05, 0.1) is 27.7 Å². The van der Waals surface area contributed by atoms with Crippen molar-refractivity contribution in [3.8, 4) is 0 Å². The second kappa shape index (κ2) is 29.4. The van der Waals surface area contributed by atoms with E-state index in [4.69, 9.17) is 18.5 Å². The van der Waals surface area contributed by atoms with Gasteiger partial charge in [-0.2, -0.15) is 0 Å². The summed E-state index contributed by atoms with van der Waals surface area (Å²) in [6.45, 7) is 4.01. The van der Waals surface area contributed by atoms with E-state index in [1.54, 1.807) is 0 Å². The minimum atomic E-state index is -4.61. The van der Waals surface area contributed by atoms with Crippen molar-refractivity contribution in [3.05, 3.63) is 36.5 Å². The largest absolute Gasteiger partial charge is 0.756 e. The zero-order valence-corrected chi connectivity index (χ0v) is 30.7. The molecule has 0 bridgehead atoms. The molecule has 0 saturated carbocycles. The van der Waals surface area contributed by atoms with Crippen molar-refractivity contribution < 1.29 is 42.1 Å². The van der Waals surface area contributed by atoms with Crippen molar-refractivity contribution in [3.63, 3.8) is 0 Å². The summed E-state index contributed by atoms with van der Waals surface area (Å²) in [5.41, 5.74) is 0. The van der Waals surface area contributed by atoms with Crippen LogP contribution in [0, 0.1) is 0 Å². The van der Waals surface area contributed by atoms with Gasteiger partial charge in [-0.15, -0.1) is 0 Å². The Balaban J connectivity index is 4.43. The first kappa shape index (κ1) is 44.2. The van der Waals surface area contributed by atoms with Gasteiger partial charge >= 0.3 is 11.9 Å². The first-order valence-electron chi connectivity index (χ1n) is 17.7. The number of allylic oxidation sites excluding steroid dienone is 6. The Morgan fingerprint density at radius 1 is 0.696 bits per heavy atom. The van der Waals surface area contributed by atoms with Gasteiger partial charge in [-0.05, 0) is 44.9 Å².